The highest BCUT2D eigenvalue weighted by Gasteiger charge is 2.55. The average Bonchev–Trinajstić information content (AvgIpc) is 2.80. The first-order chi connectivity index (χ1) is 17.2. The molecule has 0 aliphatic heterocycles. The lowest BCUT2D eigenvalue weighted by atomic mass is 9.48. The molecule has 0 radical (unpaired) electrons. The molecule has 204 valence electrons. The van der Waals surface area contributed by atoms with Crippen LogP contribution in [0.4, 0.5) is 0 Å². The first-order valence-corrected chi connectivity index (χ1v) is 14.9. The van der Waals surface area contributed by atoms with Crippen LogP contribution in [0.5, 0.6) is 0 Å². The van der Waals surface area contributed by atoms with Crippen molar-refractivity contribution in [1.82, 2.24) is 0 Å². The van der Waals surface area contributed by atoms with Gasteiger partial charge in [0, 0.05) is 18.3 Å². The SMILES string of the molecule is CCCCCC=CCC=CCCCCCCCC(=O)OCC1C(C)=CC(=O)C2C(C)(C)CCCC12C. The van der Waals surface area contributed by atoms with Gasteiger partial charge in [0.25, 0.3) is 0 Å². The highest BCUT2D eigenvalue weighted by molar-refractivity contribution is 5.95. The van der Waals surface area contributed by atoms with Crippen LogP contribution < -0.4 is 0 Å². The number of rotatable bonds is 16. The van der Waals surface area contributed by atoms with Crippen LogP contribution in [0.25, 0.3) is 0 Å². The van der Waals surface area contributed by atoms with Gasteiger partial charge in [-0.25, -0.2) is 0 Å². The molecule has 0 amide bonds. The fraction of sp³-hybridized carbons (Fsp3) is 0.758. The second-order valence-electron chi connectivity index (χ2n) is 12.3. The van der Waals surface area contributed by atoms with E-state index in [1.54, 1.807) is 0 Å². The molecule has 0 aromatic heterocycles. The minimum atomic E-state index is -0.114. The molecule has 3 atom stereocenters. The Morgan fingerprint density at radius 3 is 2.28 bits per heavy atom. The summed E-state index contributed by atoms with van der Waals surface area (Å²) in [6, 6.07) is 0. The third-order valence-corrected chi connectivity index (χ3v) is 8.72. The summed E-state index contributed by atoms with van der Waals surface area (Å²) in [6.45, 7) is 11.4. The summed E-state index contributed by atoms with van der Waals surface area (Å²) >= 11 is 0. The quantitative estimate of drug-likeness (QED) is 0.121. The number of carbonyl (C=O) groups is 2. The molecule has 36 heavy (non-hydrogen) atoms. The van der Waals surface area contributed by atoms with Crippen molar-refractivity contribution < 1.29 is 14.3 Å². The largest absolute Gasteiger partial charge is 0.465 e. The smallest absolute Gasteiger partial charge is 0.305 e. The van der Waals surface area contributed by atoms with Gasteiger partial charge < -0.3 is 4.74 Å². The van der Waals surface area contributed by atoms with Gasteiger partial charge in [-0.2, -0.15) is 0 Å². The topological polar surface area (TPSA) is 43.4 Å². The second kappa shape index (κ2) is 15.6. The number of ketones is 1. The minimum Gasteiger partial charge on any atom is -0.465 e. The van der Waals surface area contributed by atoms with Crippen LogP contribution in [0.2, 0.25) is 0 Å². The predicted molar refractivity (Wildman–Crippen MR) is 152 cm³/mol. The van der Waals surface area contributed by atoms with E-state index in [-0.39, 0.29) is 34.4 Å². The molecule has 3 heteroatoms. The number of unbranched alkanes of at least 4 members (excludes halogenated alkanes) is 8. The average molecular weight is 499 g/mol. The van der Waals surface area contributed by atoms with Gasteiger partial charge in [0.05, 0.1) is 6.61 Å². The summed E-state index contributed by atoms with van der Waals surface area (Å²) in [5.74, 6) is 0.356. The van der Waals surface area contributed by atoms with Crippen molar-refractivity contribution in [3.05, 3.63) is 36.0 Å². The highest BCUT2D eigenvalue weighted by Crippen LogP contribution is 2.58. The second-order valence-corrected chi connectivity index (χ2v) is 12.3. The monoisotopic (exact) mass is 498 g/mol. The molecular weight excluding hydrogens is 444 g/mol. The van der Waals surface area contributed by atoms with E-state index >= 15 is 0 Å². The van der Waals surface area contributed by atoms with Gasteiger partial charge in [0.2, 0.25) is 0 Å². The van der Waals surface area contributed by atoms with Crippen molar-refractivity contribution in [1.29, 1.82) is 0 Å². The number of esters is 1. The van der Waals surface area contributed by atoms with E-state index < -0.39 is 0 Å². The van der Waals surface area contributed by atoms with Gasteiger partial charge in [-0.1, -0.05) is 96.1 Å². The Hall–Kier alpha value is -1.64. The van der Waals surface area contributed by atoms with E-state index in [2.05, 4.69) is 52.0 Å². The van der Waals surface area contributed by atoms with Gasteiger partial charge in [-0.3, -0.25) is 9.59 Å². The van der Waals surface area contributed by atoms with Crippen molar-refractivity contribution in [2.24, 2.45) is 22.7 Å². The van der Waals surface area contributed by atoms with Crippen molar-refractivity contribution in [2.75, 3.05) is 6.61 Å². The number of ether oxygens (including phenoxy) is 1. The Labute approximate surface area is 222 Å². The van der Waals surface area contributed by atoms with E-state index in [0.717, 1.165) is 50.5 Å². The van der Waals surface area contributed by atoms with Crippen molar-refractivity contribution >= 4 is 11.8 Å². The summed E-state index contributed by atoms with van der Waals surface area (Å²) in [5.41, 5.74) is 0.975. The lowest BCUT2D eigenvalue weighted by Crippen LogP contribution is -2.53. The normalized spacial score (nSPS) is 25.8. The van der Waals surface area contributed by atoms with Gasteiger partial charge in [-0.15, -0.1) is 0 Å². The van der Waals surface area contributed by atoms with E-state index in [1.807, 2.05) is 13.0 Å². The Morgan fingerprint density at radius 2 is 1.58 bits per heavy atom. The van der Waals surface area contributed by atoms with E-state index in [9.17, 15) is 9.59 Å². The van der Waals surface area contributed by atoms with Gasteiger partial charge in [0.15, 0.2) is 5.78 Å². The predicted octanol–water partition coefficient (Wildman–Crippen LogP) is 9.32. The zero-order chi connectivity index (χ0) is 26.4. The first kappa shape index (κ1) is 30.6. The summed E-state index contributed by atoms with van der Waals surface area (Å²) in [5, 5.41) is 0. The zero-order valence-electron chi connectivity index (χ0n) is 24.1. The summed E-state index contributed by atoms with van der Waals surface area (Å²) in [7, 11) is 0. The van der Waals surface area contributed by atoms with Crippen LogP contribution in [0, 0.1) is 22.7 Å². The van der Waals surface area contributed by atoms with E-state index in [1.165, 1.54) is 44.9 Å². The van der Waals surface area contributed by atoms with Gasteiger partial charge >= 0.3 is 5.97 Å². The number of hydrogen-bond donors (Lipinski definition) is 0. The number of fused-ring (bicyclic) bond motifs is 1. The van der Waals surface area contributed by atoms with Crippen molar-refractivity contribution in [3.8, 4) is 0 Å². The van der Waals surface area contributed by atoms with Crippen molar-refractivity contribution in [3.63, 3.8) is 0 Å². The van der Waals surface area contributed by atoms with E-state index in [4.69, 9.17) is 4.74 Å². The third kappa shape index (κ3) is 9.34. The molecular formula is C33H54O3. The molecule has 0 aromatic rings. The molecule has 0 N–H and O–H groups in total. The molecule has 0 heterocycles. The first-order valence-electron chi connectivity index (χ1n) is 14.9. The van der Waals surface area contributed by atoms with Crippen LogP contribution in [0.1, 0.15) is 131 Å². The van der Waals surface area contributed by atoms with Crippen LogP contribution in [-0.4, -0.2) is 18.4 Å². The lowest BCUT2D eigenvalue weighted by Gasteiger charge is -2.55. The number of allylic oxidation sites excluding steroid dienone is 5. The fourth-order valence-corrected chi connectivity index (χ4v) is 6.77. The summed E-state index contributed by atoms with van der Waals surface area (Å²) in [6.07, 6.45) is 27.8. The molecule has 2 rings (SSSR count). The Bertz CT molecular complexity index is 772. The molecule has 2 aliphatic carbocycles. The molecule has 1 saturated carbocycles. The molecule has 2 aliphatic rings. The zero-order valence-corrected chi connectivity index (χ0v) is 24.1. The van der Waals surface area contributed by atoms with E-state index in [0.29, 0.717) is 13.0 Å². The molecule has 0 saturated heterocycles. The van der Waals surface area contributed by atoms with Crippen LogP contribution in [0.3, 0.4) is 0 Å². The van der Waals surface area contributed by atoms with Crippen molar-refractivity contribution in [2.45, 2.75) is 131 Å². The van der Waals surface area contributed by atoms with Crippen LogP contribution >= 0.6 is 0 Å². The highest BCUT2D eigenvalue weighted by atomic mass is 16.5. The molecule has 3 nitrogen and oxygen atoms in total. The Morgan fingerprint density at radius 1 is 0.944 bits per heavy atom. The van der Waals surface area contributed by atoms with Gasteiger partial charge in [0.1, 0.15) is 0 Å². The van der Waals surface area contributed by atoms with Gasteiger partial charge in [-0.05, 0) is 75.2 Å². The molecule has 3 unspecified atom stereocenters. The van der Waals surface area contributed by atoms with Crippen LogP contribution in [-0.2, 0) is 14.3 Å². The summed E-state index contributed by atoms with van der Waals surface area (Å²) in [4.78, 5) is 25.4. The molecule has 0 spiro atoms. The molecule has 0 bridgehead atoms. The fourth-order valence-electron chi connectivity index (χ4n) is 6.77. The maximum Gasteiger partial charge on any atom is 0.305 e. The lowest BCUT2D eigenvalue weighted by molar-refractivity contribution is -0.150. The Balaban J connectivity index is 1.59. The maximum absolute atomic E-state index is 12.9. The molecule has 1 fully saturated rings. The molecule has 0 aromatic carbocycles. The third-order valence-electron chi connectivity index (χ3n) is 8.72. The minimum absolute atomic E-state index is 0.00423. The Kier molecular flexibility index (Phi) is 13.2. The standard InChI is InChI=1S/C33H54O3/c1-6-7-8-9-10-11-12-13-14-15-16-17-18-19-20-22-30(35)36-26-28-27(2)25-29(34)31-32(3,4)23-21-24-33(28,31)5/h10-11,13-14,25,28,31H,6-9,12,15-24,26H2,1-5H3. The number of hydrogen-bond acceptors (Lipinski definition) is 3. The van der Waals surface area contributed by atoms with Crippen LogP contribution in [0.15, 0.2) is 36.0 Å². The maximum atomic E-state index is 12.9. The summed E-state index contributed by atoms with van der Waals surface area (Å²) < 4.78 is 5.78. The number of carbonyl (C=O) groups excluding carboxylic acids is 2.